The van der Waals surface area contributed by atoms with Crippen molar-refractivity contribution in [1.82, 2.24) is 0 Å². The molecule has 0 bridgehead atoms. The molecule has 2 aromatic rings. The molecule has 1 nitrogen and oxygen atoms in total. The van der Waals surface area contributed by atoms with Gasteiger partial charge in [0.25, 0.3) is 0 Å². The van der Waals surface area contributed by atoms with Gasteiger partial charge in [0.05, 0.1) is 5.41 Å². The molecule has 118 valence electrons. The standard InChI is InChI=1S/C23H20O/c1-14-7-9-16-17-10-8-15(2)12-21(17)23(20(16)11-14)13-22(24)18-5-3-4-6-19(18)23/h3,5,7-12H,4,6,13H2,1-2H3. The molecule has 0 saturated carbocycles. The molecule has 1 heteroatoms. The topological polar surface area (TPSA) is 17.1 Å². The summed E-state index contributed by atoms with van der Waals surface area (Å²) in [6, 6.07) is 13.5. The minimum Gasteiger partial charge on any atom is -0.294 e. The van der Waals surface area contributed by atoms with E-state index in [4.69, 9.17) is 0 Å². The Morgan fingerprint density at radius 1 is 0.917 bits per heavy atom. The SMILES string of the molecule is Cc1ccc2c(c1)C1(CC(=O)C3=C1CCC=C3)c1cc(C)ccc1-2. The van der Waals surface area contributed by atoms with Crippen LogP contribution in [0.25, 0.3) is 11.1 Å². The Balaban J connectivity index is 1.92. The molecule has 0 atom stereocenters. The highest BCUT2D eigenvalue weighted by Gasteiger charge is 2.52. The number of fused-ring (bicyclic) bond motifs is 6. The van der Waals surface area contributed by atoms with Gasteiger partial charge in [-0.25, -0.2) is 0 Å². The number of aryl methyl sites for hydroxylation is 2. The van der Waals surface area contributed by atoms with E-state index in [2.05, 4.69) is 62.4 Å². The number of carbonyl (C=O) groups is 1. The van der Waals surface area contributed by atoms with Crippen LogP contribution in [0.15, 0.2) is 59.7 Å². The molecule has 3 aliphatic rings. The first-order valence-electron chi connectivity index (χ1n) is 8.77. The summed E-state index contributed by atoms with van der Waals surface area (Å²) in [6.07, 6.45) is 6.85. The predicted molar refractivity (Wildman–Crippen MR) is 97.2 cm³/mol. The molecule has 0 saturated heterocycles. The van der Waals surface area contributed by atoms with Gasteiger partial charge >= 0.3 is 0 Å². The van der Waals surface area contributed by atoms with E-state index in [1.807, 2.05) is 0 Å². The van der Waals surface area contributed by atoms with Crippen LogP contribution >= 0.6 is 0 Å². The Bertz CT molecular complexity index is 920. The van der Waals surface area contributed by atoms with Crippen molar-refractivity contribution in [3.8, 4) is 11.1 Å². The highest BCUT2D eigenvalue weighted by Crippen LogP contribution is 2.60. The second kappa shape index (κ2) is 4.57. The average molecular weight is 312 g/mol. The number of hydrogen-bond acceptors (Lipinski definition) is 1. The molecule has 0 heterocycles. The van der Waals surface area contributed by atoms with Crippen molar-refractivity contribution in [2.45, 2.75) is 38.5 Å². The molecule has 5 rings (SSSR count). The van der Waals surface area contributed by atoms with Crippen molar-refractivity contribution in [1.29, 1.82) is 0 Å². The molecule has 0 unspecified atom stereocenters. The number of carbonyl (C=O) groups excluding carboxylic acids is 1. The largest absolute Gasteiger partial charge is 0.294 e. The van der Waals surface area contributed by atoms with Crippen LogP contribution in [-0.2, 0) is 10.2 Å². The van der Waals surface area contributed by atoms with E-state index in [0.717, 1.165) is 18.4 Å². The normalized spacial score (nSPS) is 19.7. The highest BCUT2D eigenvalue weighted by atomic mass is 16.1. The molecular weight excluding hydrogens is 292 g/mol. The van der Waals surface area contributed by atoms with Crippen molar-refractivity contribution >= 4 is 5.78 Å². The molecule has 24 heavy (non-hydrogen) atoms. The number of Topliss-reactive ketones (excluding diaryl/α,β-unsaturated/α-hetero) is 1. The summed E-state index contributed by atoms with van der Waals surface area (Å²) >= 11 is 0. The van der Waals surface area contributed by atoms with Crippen LogP contribution in [-0.4, -0.2) is 5.78 Å². The van der Waals surface area contributed by atoms with E-state index in [1.165, 1.54) is 39.0 Å². The van der Waals surface area contributed by atoms with Gasteiger partial charge in [-0.3, -0.25) is 4.79 Å². The summed E-state index contributed by atoms with van der Waals surface area (Å²) in [6.45, 7) is 4.30. The van der Waals surface area contributed by atoms with Crippen LogP contribution in [0.3, 0.4) is 0 Å². The van der Waals surface area contributed by atoms with Crippen molar-refractivity contribution in [2.24, 2.45) is 0 Å². The third kappa shape index (κ3) is 1.57. The van der Waals surface area contributed by atoms with Gasteiger partial charge in [0.15, 0.2) is 5.78 Å². The second-order valence-corrected chi connectivity index (χ2v) is 7.44. The Labute approximate surface area is 142 Å². The van der Waals surface area contributed by atoms with E-state index in [9.17, 15) is 4.79 Å². The number of rotatable bonds is 0. The molecule has 2 aromatic carbocycles. The van der Waals surface area contributed by atoms with Crippen molar-refractivity contribution < 1.29 is 4.79 Å². The molecule has 0 aromatic heterocycles. The zero-order valence-electron chi connectivity index (χ0n) is 14.1. The third-order valence-corrected chi connectivity index (χ3v) is 5.97. The van der Waals surface area contributed by atoms with Gasteiger partial charge in [-0.2, -0.15) is 0 Å². The van der Waals surface area contributed by atoms with Crippen LogP contribution < -0.4 is 0 Å². The first-order valence-corrected chi connectivity index (χ1v) is 8.77. The molecular formula is C23H20O. The Kier molecular flexibility index (Phi) is 2.66. The van der Waals surface area contributed by atoms with Gasteiger partial charge in [0, 0.05) is 12.0 Å². The fourth-order valence-electron chi connectivity index (χ4n) is 4.96. The lowest BCUT2D eigenvalue weighted by Gasteiger charge is -2.31. The number of benzene rings is 2. The van der Waals surface area contributed by atoms with Crippen LogP contribution in [0, 0.1) is 13.8 Å². The summed E-state index contributed by atoms with van der Waals surface area (Å²) in [5.74, 6) is 0.308. The molecule has 0 amide bonds. The molecule has 3 aliphatic carbocycles. The van der Waals surface area contributed by atoms with Crippen LogP contribution in [0.4, 0.5) is 0 Å². The zero-order valence-corrected chi connectivity index (χ0v) is 14.1. The van der Waals surface area contributed by atoms with Gasteiger partial charge in [0.1, 0.15) is 0 Å². The Morgan fingerprint density at radius 2 is 1.54 bits per heavy atom. The van der Waals surface area contributed by atoms with E-state index in [-0.39, 0.29) is 5.41 Å². The first kappa shape index (κ1) is 14.0. The van der Waals surface area contributed by atoms with Gasteiger partial charge < -0.3 is 0 Å². The maximum absolute atomic E-state index is 12.9. The maximum Gasteiger partial charge on any atom is 0.164 e. The third-order valence-electron chi connectivity index (χ3n) is 5.97. The van der Waals surface area contributed by atoms with Crippen LogP contribution in [0.2, 0.25) is 0 Å². The number of allylic oxidation sites excluding steroid dienone is 4. The van der Waals surface area contributed by atoms with Crippen molar-refractivity contribution in [2.75, 3.05) is 0 Å². The van der Waals surface area contributed by atoms with E-state index < -0.39 is 0 Å². The van der Waals surface area contributed by atoms with Gasteiger partial charge in [-0.15, -0.1) is 0 Å². The predicted octanol–water partition coefficient (Wildman–Crippen LogP) is 5.19. The smallest absolute Gasteiger partial charge is 0.164 e. The van der Waals surface area contributed by atoms with Crippen molar-refractivity contribution in [3.05, 3.63) is 82.0 Å². The van der Waals surface area contributed by atoms with Gasteiger partial charge in [-0.1, -0.05) is 59.7 Å². The summed E-state index contributed by atoms with van der Waals surface area (Å²) in [5, 5.41) is 0. The zero-order chi connectivity index (χ0) is 16.5. The number of hydrogen-bond donors (Lipinski definition) is 0. The number of ketones is 1. The molecule has 0 N–H and O–H groups in total. The average Bonchev–Trinajstić information content (AvgIpc) is 3.02. The Hall–Kier alpha value is -2.41. The van der Waals surface area contributed by atoms with Crippen molar-refractivity contribution in [3.63, 3.8) is 0 Å². The van der Waals surface area contributed by atoms with Crippen LogP contribution in [0.5, 0.6) is 0 Å². The van der Waals surface area contributed by atoms with Crippen LogP contribution in [0.1, 0.15) is 41.5 Å². The molecule has 0 fully saturated rings. The first-order chi connectivity index (χ1) is 11.6. The summed E-state index contributed by atoms with van der Waals surface area (Å²) in [4.78, 5) is 12.9. The Morgan fingerprint density at radius 3 is 2.17 bits per heavy atom. The fourth-order valence-corrected chi connectivity index (χ4v) is 4.96. The fraction of sp³-hybridized carbons (Fsp3) is 0.261. The summed E-state index contributed by atoms with van der Waals surface area (Å²) in [5.41, 5.74) is 9.96. The lowest BCUT2D eigenvalue weighted by atomic mass is 9.70. The lowest BCUT2D eigenvalue weighted by Crippen LogP contribution is -2.26. The van der Waals surface area contributed by atoms with E-state index >= 15 is 0 Å². The summed E-state index contributed by atoms with van der Waals surface area (Å²) < 4.78 is 0. The minimum atomic E-state index is -0.222. The van der Waals surface area contributed by atoms with E-state index in [1.54, 1.807) is 0 Å². The second-order valence-electron chi connectivity index (χ2n) is 7.44. The highest BCUT2D eigenvalue weighted by molar-refractivity contribution is 6.06. The van der Waals surface area contributed by atoms with Gasteiger partial charge in [-0.05, 0) is 54.5 Å². The molecule has 0 aliphatic heterocycles. The molecule has 1 spiro atoms. The minimum absolute atomic E-state index is 0.222. The van der Waals surface area contributed by atoms with Gasteiger partial charge in [0.2, 0.25) is 0 Å². The maximum atomic E-state index is 12.9. The summed E-state index contributed by atoms with van der Waals surface area (Å²) in [7, 11) is 0. The lowest BCUT2D eigenvalue weighted by molar-refractivity contribution is -0.115. The van der Waals surface area contributed by atoms with E-state index in [0.29, 0.717) is 12.2 Å². The quantitative estimate of drug-likeness (QED) is 0.654. The monoisotopic (exact) mass is 312 g/mol. The molecule has 0 radical (unpaired) electrons.